The zero-order chi connectivity index (χ0) is 14.4. The van der Waals surface area contributed by atoms with Crippen molar-refractivity contribution in [3.8, 4) is 5.75 Å². The van der Waals surface area contributed by atoms with Crippen molar-refractivity contribution in [2.45, 2.75) is 6.54 Å². The molecule has 0 aromatic heterocycles. The average molecular weight is 327 g/mol. The number of rotatable bonds is 5. The van der Waals surface area contributed by atoms with E-state index in [0.717, 1.165) is 5.56 Å². The molecule has 0 saturated heterocycles. The zero-order valence-corrected chi connectivity index (χ0v) is 12.8. The summed E-state index contributed by atoms with van der Waals surface area (Å²) in [6.45, 7) is 0.357. The van der Waals surface area contributed by atoms with E-state index < -0.39 is 0 Å². The minimum absolute atomic E-state index is 0. The van der Waals surface area contributed by atoms with Crippen LogP contribution in [-0.2, 0) is 11.3 Å². The van der Waals surface area contributed by atoms with E-state index >= 15 is 0 Å². The average Bonchev–Trinajstić information content (AvgIpc) is 2.45. The van der Waals surface area contributed by atoms with Crippen LogP contribution in [0.4, 0.5) is 5.69 Å². The standard InChI is InChI=1S/C15H15ClN2O2.ClH/c16-12-4-2-6-14(8-12)20-10-15(19)18-13-5-1-3-11(7-13)9-17;/h1-8H,9-10,17H2,(H,18,19);1H. The normalized spacial score (nSPS) is 9.62. The molecule has 6 heteroatoms. The number of hydrogen-bond donors (Lipinski definition) is 2. The van der Waals surface area contributed by atoms with Gasteiger partial charge in [0.05, 0.1) is 0 Å². The van der Waals surface area contributed by atoms with Gasteiger partial charge in [-0.1, -0.05) is 29.8 Å². The first-order valence-corrected chi connectivity index (χ1v) is 6.52. The second-order valence-electron chi connectivity index (χ2n) is 4.20. The van der Waals surface area contributed by atoms with Crippen molar-refractivity contribution in [1.29, 1.82) is 0 Å². The number of anilines is 1. The van der Waals surface area contributed by atoms with E-state index in [-0.39, 0.29) is 24.9 Å². The summed E-state index contributed by atoms with van der Waals surface area (Å²) in [5, 5.41) is 3.32. The van der Waals surface area contributed by atoms with E-state index in [1.54, 1.807) is 30.3 Å². The van der Waals surface area contributed by atoms with Crippen LogP contribution in [0.1, 0.15) is 5.56 Å². The van der Waals surface area contributed by atoms with Crippen molar-refractivity contribution in [1.82, 2.24) is 0 Å². The topological polar surface area (TPSA) is 64.3 Å². The molecule has 0 aliphatic heterocycles. The molecule has 0 unspecified atom stereocenters. The molecular weight excluding hydrogens is 311 g/mol. The molecule has 0 aliphatic rings. The Kier molecular flexibility index (Phi) is 7.02. The predicted molar refractivity (Wildman–Crippen MR) is 87.2 cm³/mol. The fourth-order valence-electron chi connectivity index (χ4n) is 1.68. The van der Waals surface area contributed by atoms with Gasteiger partial charge in [0.1, 0.15) is 5.75 Å². The van der Waals surface area contributed by atoms with Crippen LogP contribution >= 0.6 is 24.0 Å². The van der Waals surface area contributed by atoms with Crippen LogP contribution in [0, 0.1) is 0 Å². The van der Waals surface area contributed by atoms with Gasteiger partial charge in [0.15, 0.2) is 6.61 Å². The minimum Gasteiger partial charge on any atom is -0.484 e. The highest BCUT2D eigenvalue weighted by atomic mass is 35.5. The van der Waals surface area contributed by atoms with Crippen LogP contribution in [0.2, 0.25) is 5.02 Å². The van der Waals surface area contributed by atoms with Crippen LogP contribution < -0.4 is 15.8 Å². The molecule has 0 atom stereocenters. The lowest BCUT2D eigenvalue weighted by molar-refractivity contribution is -0.118. The van der Waals surface area contributed by atoms with Gasteiger partial charge in [-0.3, -0.25) is 4.79 Å². The number of carbonyl (C=O) groups excluding carboxylic acids is 1. The highest BCUT2D eigenvalue weighted by molar-refractivity contribution is 6.30. The molecule has 0 heterocycles. The second kappa shape index (κ2) is 8.52. The van der Waals surface area contributed by atoms with Crippen molar-refractivity contribution in [2.75, 3.05) is 11.9 Å². The molecule has 1 amide bonds. The van der Waals surface area contributed by atoms with Crippen LogP contribution in [-0.4, -0.2) is 12.5 Å². The van der Waals surface area contributed by atoms with Gasteiger partial charge < -0.3 is 15.8 Å². The minimum atomic E-state index is -0.237. The SMILES string of the molecule is Cl.NCc1cccc(NC(=O)COc2cccc(Cl)c2)c1. The molecule has 2 rings (SSSR count). The van der Waals surface area contributed by atoms with Gasteiger partial charge in [0.2, 0.25) is 0 Å². The smallest absolute Gasteiger partial charge is 0.262 e. The molecule has 112 valence electrons. The summed E-state index contributed by atoms with van der Waals surface area (Å²) in [7, 11) is 0. The first kappa shape index (κ1) is 17.3. The van der Waals surface area contributed by atoms with Crippen molar-refractivity contribution in [2.24, 2.45) is 5.73 Å². The van der Waals surface area contributed by atoms with E-state index in [1.165, 1.54) is 0 Å². The first-order valence-electron chi connectivity index (χ1n) is 6.14. The summed E-state index contributed by atoms with van der Waals surface area (Å²) in [6, 6.07) is 14.3. The Morgan fingerprint density at radius 2 is 1.95 bits per heavy atom. The third-order valence-corrected chi connectivity index (χ3v) is 2.85. The summed E-state index contributed by atoms with van der Waals surface area (Å²) in [5.74, 6) is 0.322. The highest BCUT2D eigenvalue weighted by Crippen LogP contribution is 2.17. The summed E-state index contributed by atoms with van der Waals surface area (Å²) in [6.07, 6.45) is 0. The molecule has 2 aromatic rings. The van der Waals surface area contributed by atoms with E-state index in [4.69, 9.17) is 22.1 Å². The number of hydrogen-bond acceptors (Lipinski definition) is 3. The fraction of sp³-hybridized carbons (Fsp3) is 0.133. The maximum atomic E-state index is 11.8. The Bertz CT molecular complexity index is 606. The molecule has 21 heavy (non-hydrogen) atoms. The molecule has 0 aliphatic carbocycles. The molecule has 0 radical (unpaired) electrons. The Balaban J connectivity index is 0.00000220. The maximum Gasteiger partial charge on any atom is 0.262 e. The van der Waals surface area contributed by atoms with Crippen LogP contribution in [0.3, 0.4) is 0 Å². The quantitative estimate of drug-likeness (QED) is 0.886. The lowest BCUT2D eigenvalue weighted by Crippen LogP contribution is -2.20. The summed E-state index contributed by atoms with van der Waals surface area (Å²) >= 11 is 5.83. The third-order valence-electron chi connectivity index (χ3n) is 2.61. The first-order chi connectivity index (χ1) is 9.67. The van der Waals surface area contributed by atoms with Gasteiger partial charge >= 0.3 is 0 Å². The number of amides is 1. The number of nitrogens with one attached hydrogen (secondary N) is 1. The van der Waals surface area contributed by atoms with Gasteiger partial charge in [0.25, 0.3) is 5.91 Å². The van der Waals surface area contributed by atoms with Crippen LogP contribution in [0.15, 0.2) is 48.5 Å². The van der Waals surface area contributed by atoms with Crippen molar-refractivity contribution in [3.63, 3.8) is 0 Å². The van der Waals surface area contributed by atoms with Gasteiger partial charge in [-0.2, -0.15) is 0 Å². The molecule has 0 fully saturated rings. The summed E-state index contributed by atoms with van der Waals surface area (Å²) in [4.78, 5) is 11.8. The Hall–Kier alpha value is -1.75. The molecular formula is C15H16Cl2N2O2. The van der Waals surface area contributed by atoms with E-state index in [9.17, 15) is 4.79 Å². The van der Waals surface area contributed by atoms with Crippen molar-refractivity contribution in [3.05, 3.63) is 59.1 Å². The summed E-state index contributed by atoms with van der Waals surface area (Å²) in [5.41, 5.74) is 7.21. The molecule has 4 nitrogen and oxygen atoms in total. The Morgan fingerprint density at radius 1 is 1.19 bits per heavy atom. The molecule has 0 bridgehead atoms. The van der Waals surface area contributed by atoms with Crippen molar-refractivity contribution >= 4 is 35.6 Å². The molecule has 2 aromatic carbocycles. The van der Waals surface area contributed by atoms with Gasteiger partial charge in [-0.15, -0.1) is 12.4 Å². The molecule has 0 saturated carbocycles. The van der Waals surface area contributed by atoms with Crippen molar-refractivity contribution < 1.29 is 9.53 Å². The fourth-order valence-corrected chi connectivity index (χ4v) is 1.86. The predicted octanol–water partition coefficient (Wildman–Crippen LogP) is 3.24. The van der Waals surface area contributed by atoms with Gasteiger partial charge in [0, 0.05) is 17.3 Å². The van der Waals surface area contributed by atoms with E-state index in [1.807, 2.05) is 18.2 Å². The Labute approximate surface area is 134 Å². The molecule has 3 N–H and O–H groups in total. The Morgan fingerprint density at radius 3 is 2.67 bits per heavy atom. The number of nitrogens with two attached hydrogens (primary N) is 1. The number of carbonyl (C=O) groups is 1. The van der Waals surface area contributed by atoms with Gasteiger partial charge in [-0.25, -0.2) is 0 Å². The summed E-state index contributed by atoms with van der Waals surface area (Å²) < 4.78 is 5.36. The van der Waals surface area contributed by atoms with E-state index in [2.05, 4.69) is 5.32 Å². The number of halogens is 2. The lowest BCUT2D eigenvalue weighted by Gasteiger charge is -2.08. The number of ether oxygens (including phenoxy) is 1. The van der Waals surface area contributed by atoms with Gasteiger partial charge in [-0.05, 0) is 35.9 Å². The lowest BCUT2D eigenvalue weighted by atomic mass is 10.2. The third kappa shape index (κ3) is 5.63. The largest absolute Gasteiger partial charge is 0.484 e. The van der Waals surface area contributed by atoms with Crippen LogP contribution in [0.25, 0.3) is 0 Å². The number of benzene rings is 2. The monoisotopic (exact) mass is 326 g/mol. The molecule has 0 spiro atoms. The second-order valence-corrected chi connectivity index (χ2v) is 4.64. The highest BCUT2D eigenvalue weighted by Gasteiger charge is 2.04. The van der Waals surface area contributed by atoms with Crippen LogP contribution in [0.5, 0.6) is 5.75 Å². The maximum absolute atomic E-state index is 11.8. The van der Waals surface area contributed by atoms with E-state index in [0.29, 0.717) is 23.0 Å². The zero-order valence-electron chi connectivity index (χ0n) is 11.2.